The Morgan fingerprint density at radius 3 is 2.19 bits per heavy atom. The Morgan fingerprint density at radius 1 is 0.935 bits per heavy atom. The number of rotatable bonds is 4. The van der Waals surface area contributed by atoms with Gasteiger partial charge in [-0.3, -0.25) is 19.7 Å². The van der Waals surface area contributed by atoms with E-state index < -0.39 is 4.92 Å². The Bertz CT molecular complexity index is 838. The summed E-state index contributed by atoms with van der Waals surface area (Å²) in [6.07, 6.45) is 3.34. The molecular weight excluding hydrogens is 398 g/mol. The van der Waals surface area contributed by atoms with Crippen molar-refractivity contribution in [2.75, 3.05) is 64.3 Å². The molecule has 0 atom stereocenters. The van der Waals surface area contributed by atoms with Crippen molar-refractivity contribution in [2.24, 2.45) is 5.92 Å². The van der Waals surface area contributed by atoms with Gasteiger partial charge in [-0.25, -0.2) is 0 Å². The normalized spacial score (nSPS) is 20.9. The van der Waals surface area contributed by atoms with Crippen LogP contribution in [0.2, 0.25) is 0 Å². The molecule has 3 aliphatic rings. The van der Waals surface area contributed by atoms with Crippen molar-refractivity contribution in [3.05, 3.63) is 33.9 Å². The number of hydrogen-bond donors (Lipinski definition) is 0. The molecule has 0 bridgehead atoms. The smallest absolute Gasteiger partial charge is 0.293 e. The van der Waals surface area contributed by atoms with Gasteiger partial charge in [0.25, 0.3) is 11.6 Å². The Morgan fingerprint density at radius 2 is 1.58 bits per heavy atom. The number of benzene rings is 1. The second kappa shape index (κ2) is 9.21. The van der Waals surface area contributed by atoms with E-state index in [1.165, 1.54) is 6.07 Å². The molecule has 9 nitrogen and oxygen atoms in total. The highest BCUT2D eigenvalue weighted by molar-refractivity contribution is 5.96. The van der Waals surface area contributed by atoms with Crippen LogP contribution in [0.4, 0.5) is 11.4 Å². The first-order valence-corrected chi connectivity index (χ1v) is 11.2. The van der Waals surface area contributed by atoms with Crippen LogP contribution in [0.15, 0.2) is 18.2 Å². The maximum Gasteiger partial charge on any atom is 0.293 e. The van der Waals surface area contributed by atoms with Gasteiger partial charge in [0.1, 0.15) is 5.69 Å². The zero-order valence-corrected chi connectivity index (χ0v) is 18.2. The molecule has 0 aromatic heterocycles. The van der Waals surface area contributed by atoms with Gasteiger partial charge in [-0.05, 0) is 44.9 Å². The standard InChI is InChI=1S/C22H31N5O4/c1-23-12-14-26(15-13-23)21(28)17-6-10-25(11-7-17)22(29)18-4-5-19(20(16-18)27(30)31)24-8-2-3-9-24/h4-5,16-17H,2-3,6-15H2,1H3. The van der Waals surface area contributed by atoms with Crippen LogP contribution in [-0.2, 0) is 4.79 Å². The van der Waals surface area contributed by atoms with Crippen molar-refractivity contribution < 1.29 is 14.5 Å². The molecule has 2 amide bonds. The molecule has 31 heavy (non-hydrogen) atoms. The highest BCUT2D eigenvalue weighted by Crippen LogP contribution is 2.32. The monoisotopic (exact) mass is 429 g/mol. The number of likely N-dealkylation sites (N-methyl/N-ethyl adjacent to an activating group) is 1. The van der Waals surface area contributed by atoms with E-state index in [1.807, 2.05) is 9.80 Å². The highest BCUT2D eigenvalue weighted by atomic mass is 16.6. The number of amides is 2. The highest BCUT2D eigenvalue weighted by Gasteiger charge is 2.32. The quantitative estimate of drug-likeness (QED) is 0.536. The van der Waals surface area contributed by atoms with Gasteiger partial charge in [0.15, 0.2) is 0 Å². The molecule has 0 radical (unpaired) electrons. The average Bonchev–Trinajstić information content (AvgIpc) is 3.33. The number of carbonyl (C=O) groups is 2. The van der Waals surface area contributed by atoms with Gasteiger partial charge >= 0.3 is 0 Å². The van der Waals surface area contributed by atoms with Crippen molar-refractivity contribution in [3.63, 3.8) is 0 Å². The number of anilines is 1. The predicted octanol–water partition coefficient (Wildman–Crippen LogP) is 1.82. The zero-order valence-electron chi connectivity index (χ0n) is 18.2. The van der Waals surface area contributed by atoms with Crippen LogP contribution in [0.5, 0.6) is 0 Å². The lowest BCUT2D eigenvalue weighted by atomic mass is 9.94. The van der Waals surface area contributed by atoms with E-state index in [4.69, 9.17) is 0 Å². The van der Waals surface area contributed by atoms with E-state index in [9.17, 15) is 19.7 Å². The van der Waals surface area contributed by atoms with Crippen LogP contribution >= 0.6 is 0 Å². The lowest BCUT2D eigenvalue weighted by Gasteiger charge is -2.37. The summed E-state index contributed by atoms with van der Waals surface area (Å²) in [5.74, 6) is -0.0355. The number of likely N-dealkylation sites (tertiary alicyclic amines) is 1. The molecule has 3 saturated heterocycles. The summed E-state index contributed by atoms with van der Waals surface area (Å²) in [4.78, 5) is 45.0. The van der Waals surface area contributed by atoms with E-state index in [2.05, 4.69) is 11.9 Å². The van der Waals surface area contributed by atoms with Gasteiger partial charge in [0, 0.05) is 69.9 Å². The first-order chi connectivity index (χ1) is 14.9. The number of nitro groups is 1. The third-order valence-corrected chi connectivity index (χ3v) is 6.81. The number of nitro benzene ring substituents is 1. The molecule has 0 spiro atoms. The summed E-state index contributed by atoms with van der Waals surface area (Å²) < 4.78 is 0. The molecule has 1 aromatic rings. The second-order valence-corrected chi connectivity index (χ2v) is 8.85. The second-order valence-electron chi connectivity index (χ2n) is 8.85. The summed E-state index contributed by atoms with van der Waals surface area (Å²) in [6, 6.07) is 4.82. The fourth-order valence-corrected chi connectivity index (χ4v) is 4.83. The van der Waals surface area contributed by atoms with Crippen molar-refractivity contribution in [3.8, 4) is 0 Å². The number of hydrogen-bond acceptors (Lipinski definition) is 6. The summed E-state index contributed by atoms with van der Waals surface area (Å²) in [5.41, 5.74) is 0.932. The maximum absolute atomic E-state index is 13.0. The van der Waals surface area contributed by atoms with Crippen LogP contribution in [0, 0.1) is 16.0 Å². The van der Waals surface area contributed by atoms with Crippen LogP contribution in [-0.4, -0.2) is 90.8 Å². The fourth-order valence-electron chi connectivity index (χ4n) is 4.83. The molecule has 0 saturated carbocycles. The number of piperazine rings is 1. The van der Waals surface area contributed by atoms with E-state index >= 15 is 0 Å². The van der Waals surface area contributed by atoms with Crippen molar-refractivity contribution in [1.29, 1.82) is 0 Å². The zero-order chi connectivity index (χ0) is 22.0. The molecule has 168 valence electrons. The first kappa shape index (κ1) is 21.5. The third kappa shape index (κ3) is 4.66. The molecule has 3 aliphatic heterocycles. The Hall–Kier alpha value is -2.68. The summed E-state index contributed by atoms with van der Waals surface area (Å²) in [6.45, 7) is 5.95. The number of piperidine rings is 1. The lowest BCUT2D eigenvalue weighted by Crippen LogP contribution is -2.51. The van der Waals surface area contributed by atoms with E-state index in [0.29, 0.717) is 37.2 Å². The van der Waals surface area contributed by atoms with Crippen LogP contribution in [0.3, 0.4) is 0 Å². The molecule has 0 aliphatic carbocycles. The van der Waals surface area contributed by atoms with Gasteiger partial charge in [-0.15, -0.1) is 0 Å². The Kier molecular flexibility index (Phi) is 6.41. The van der Waals surface area contributed by atoms with Crippen LogP contribution in [0.25, 0.3) is 0 Å². The largest absolute Gasteiger partial charge is 0.366 e. The summed E-state index contributed by atoms with van der Waals surface area (Å²) in [5, 5.41) is 11.6. The topological polar surface area (TPSA) is 90.2 Å². The minimum atomic E-state index is -0.397. The minimum Gasteiger partial charge on any atom is -0.366 e. The van der Waals surface area contributed by atoms with Crippen molar-refractivity contribution in [1.82, 2.24) is 14.7 Å². The maximum atomic E-state index is 13.0. The molecule has 4 rings (SSSR count). The van der Waals surface area contributed by atoms with Gasteiger partial charge in [0.05, 0.1) is 4.92 Å². The van der Waals surface area contributed by atoms with Gasteiger partial charge in [-0.2, -0.15) is 0 Å². The number of carbonyl (C=O) groups excluding carboxylic acids is 2. The Balaban J connectivity index is 1.38. The molecular formula is C22H31N5O4. The van der Waals surface area contributed by atoms with E-state index in [1.54, 1.807) is 17.0 Å². The van der Waals surface area contributed by atoms with Crippen molar-refractivity contribution >= 4 is 23.2 Å². The van der Waals surface area contributed by atoms with Gasteiger partial charge < -0.3 is 19.6 Å². The number of nitrogens with zero attached hydrogens (tertiary/aromatic N) is 5. The molecule has 1 aromatic carbocycles. The summed E-state index contributed by atoms with van der Waals surface area (Å²) in [7, 11) is 2.06. The molecule has 0 unspecified atom stereocenters. The predicted molar refractivity (Wildman–Crippen MR) is 117 cm³/mol. The van der Waals surface area contributed by atoms with Crippen LogP contribution < -0.4 is 4.90 Å². The van der Waals surface area contributed by atoms with E-state index in [0.717, 1.165) is 52.1 Å². The first-order valence-electron chi connectivity index (χ1n) is 11.2. The molecule has 0 N–H and O–H groups in total. The third-order valence-electron chi connectivity index (χ3n) is 6.81. The van der Waals surface area contributed by atoms with Gasteiger partial charge in [-0.1, -0.05) is 0 Å². The lowest BCUT2D eigenvalue weighted by molar-refractivity contribution is -0.384. The average molecular weight is 430 g/mol. The molecule has 3 heterocycles. The van der Waals surface area contributed by atoms with Gasteiger partial charge in [0.2, 0.25) is 5.91 Å². The van der Waals surface area contributed by atoms with Crippen LogP contribution in [0.1, 0.15) is 36.0 Å². The Labute approximate surface area is 182 Å². The summed E-state index contributed by atoms with van der Waals surface area (Å²) >= 11 is 0. The minimum absolute atomic E-state index is 0.00659. The SMILES string of the molecule is CN1CCN(C(=O)C2CCN(C(=O)c3ccc(N4CCCC4)c([N+](=O)[O-])c3)CC2)CC1. The van der Waals surface area contributed by atoms with E-state index in [-0.39, 0.29) is 23.4 Å². The molecule has 9 heteroatoms. The fraction of sp³-hybridized carbons (Fsp3) is 0.636. The van der Waals surface area contributed by atoms with Crippen molar-refractivity contribution in [2.45, 2.75) is 25.7 Å². The molecule has 3 fully saturated rings.